The van der Waals surface area contributed by atoms with Crippen LogP contribution < -0.4 is 10.4 Å². The molecule has 15 rings (SSSR count). The zero-order chi connectivity index (χ0) is 58.8. The second-order valence-electron chi connectivity index (χ2n) is 25.7. The molecule has 0 saturated heterocycles. The van der Waals surface area contributed by atoms with E-state index in [1.807, 2.05) is 0 Å². The molecule has 13 atom stereocenters. The molecule has 2 fully saturated rings. The van der Waals surface area contributed by atoms with Crippen LogP contribution in [0.5, 0.6) is 5.75 Å². The first-order chi connectivity index (χ1) is 42.0. The molecule has 86 heavy (non-hydrogen) atoms. The zero-order valence-electron chi connectivity index (χ0n) is 49.1. The molecule has 2 saturated carbocycles. The first-order valence-electron chi connectivity index (χ1n) is 31.4. The van der Waals surface area contributed by atoms with Gasteiger partial charge in [-0.25, -0.2) is 9.59 Å². The summed E-state index contributed by atoms with van der Waals surface area (Å²) in [6, 6.07) is 38.7. The molecule has 5 aromatic carbocycles. The van der Waals surface area contributed by atoms with Crippen LogP contribution in [0.25, 0.3) is 23.1 Å². The largest absolute Gasteiger partial charge is 0.482 e. The number of carbonyl (C=O) groups is 2. The lowest BCUT2D eigenvalue weighted by atomic mass is 9.56. The molecular weight excluding hydrogens is 1080 g/mol. The molecule has 2 bridgehead atoms. The number of methoxy groups -OCH3 is 1. The lowest BCUT2D eigenvalue weighted by Crippen LogP contribution is -2.61. The summed E-state index contributed by atoms with van der Waals surface area (Å²) in [6.07, 6.45) is 22.7. The summed E-state index contributed by atoms with van der Waals surface area (Å²) in [5.74, 6) is -1.61. The molecule has 1 aromatic heterocycles. The van der Waals surface area contributed by atoms with Gasteiger partial charge in [-0.15, -0.1) is 0 Å². The van der Waals surface area contributed by atoms with Crippen LogP contribution in [0.1, 0.15) is 162 Å². The van der Waals surface area contributed by atoms with E-state index in [2.05, 4.69) is 146 Å². The van der Waals surface area contributed by atoms with Gasteiger partial charge in [0.15, 0.2) is 17.8 Å². The van der Waals surface area contributed by atoms with Crippen molar-refractivity contribution in [1.29, 1.82) is 0 Å². The van der Waals surface area contributed by atoms with Crippen LogP contribution in [0.3, 0.4) is 0 Å². The standard InChI is InChI=1S/C75H76O11/c1-44(41-77)55-28-21-45-19-22-47(23-20-45)56-29-26-50(49-13-9-15-54(38-49)74-34-8-7-14-53(74)27-24-48-12-4-6-18-63(48)74)37-52(56)39-66(79)83-70-68-65(32-31-60-62(42-78)67(73(81)84-69(60)68)51(33-36-76)43-82-2)86-75(71(70)85-72(55)80)35-10-17-59-58-30-25-46-11-3-5-16-57(46)61(58)40-64(59)75/h3-6,9-13,15-20,22-27,29-32,38,50-53,56,58-59,61,64,70-71,76-78H,7-8,14,21,28,33-37,39-43H2,1-2H3. The maximum absolute atomic E-state index is 15.9. The van der Waals surface area contributed by atoms with E-state index in [0.29, 0.717) is 53.9 Å². The van der Waals surface area contributed by atoms with Gasteiger partial charge in [-0.3, -0.25) is 4.79 Å². The third-order valence-electron chi connectivity index (χ3n) is 21.5. The number of aliphatic hydroxyl groups excluding tert-OH is 3. The highest BCUT2D eigenvalue weighted by atomic mass is 16.6. The number of aryl methyl sites for hydroxylation is 1. The van der Waals surface area contributed by atoms with E-state index in [1.165, 1.54) is 41.3 Å². The molecule has 6 aromatic rings. The minimum Gasteiger partial charge on any atom is -0.482 e. The van der Waals surface area contributed by atoms with Gasteiger partial charge in [-0.1, -0.05) is 159 Å². The molecule has 442 valence electrons. The molecule has 3 aliphatic heterocycles. The van der Waals surface area contributed by atoms with E-state index in [0.717, 1.165) is 36.0 Å². The number of benzene rings is 5. The van der Waals surface area contributed by atoms with Crippen molar-refractivity contribution < 1.29 is 48.3 Å². The van der Waals surface area contributed by atoms with Gasteiger partial charge in [-0.2, -0.15) is 0 Å². The molecule has 0 radical (unpaired) electrons. The van der Waals surface area contributed by atoms with Crippen molar-refractivity contribution in [2.45, 2.75) is 131 Å². The van der Waals surface area contributed by atoms with Crippen molar-refractivity contribution in [2.24, 2.45) is 29.6 Å². The van der Waals surface area contributed by atoms with E-state index in [1.54, 1.807) is 19.1 Å². The highest BCUT2D eigenvalue weighted by Crippen LogP contribution is 2.63. The quantitative estimate of drug-likeness (QED) is 0.0547. The van der Waals surface area contributed by atoms with Gasteiger partial charge in [0.2, 0.25) is 0 Å². The van der Waals surface area contributed by atoms with Gasteiger partial charge in [-0.05, 0) is 149 Å². The Bertz CT molecular complexity index is 3840. The third-order valence-corrected chi connectivity index (χ3v) is 21.5. The van der Waals surface area contributed by atoms with Crippen LogP contribution in [0, 0.1) is 29.6 Å². The number of fused-ring (bicyclic) bond motifs is 20. The van der Waals surface area contributed by atoms with E-state index >= 15 is 9.59 Å². The van der Waals surface area contributed by atoms with Gasteiger partial charge >= 0.3 is 17.6 Å². The number of esters is 2. The summed E-state index contributed by atoms with van der Waals surface area (Å²) in [5, 5.41) is 32.7. The highest BCUT2D eigenvalue weighted by Gasteiger charge is 2.64. The van der Waals surface area contributed by atoms with Crippen molar-refractivity contribution in [1.82, 2.24) is 0 Å². The summed E-state index contributed by atoms with van der Waals surface area (Å²) < 4.78 is 33.9. The number of hydrogen-bond acceptors (Lipinski definition) is 11. The molecule has 9 aliphatic rings. The second-order valence-corrected chi connectivity index (χ2v) is 25.7. The molecule has 13 unspecified atom stereocenters. The highest BCUT2D eigenvalue weighted by molar-refractivity contribution is 5.91. The minimum atomic E-state index is -1.38. The second kappa shape index (κ2) is 23.0. The van der Waals surface area contributed by atoms with Gasteiger partial charge in [0, 0.05) is 72.2 Å². The molecule has 6 aliphatic carbocycles. The van der Waals surface area contributed by atoms with Crippen LogP contribution in [-0.2, 0) is 42.2 Å². The Labute approximate surface area is 502 Å². The predicted molar refractivity (Wildman–Crippen MR) is 330 cm³/mol. The van der Waals surface area contributed by atoms with Gasteiger partial charge < -0.3 is 38.7 Å². The van der Waals surface area contributed by atoms with Crippen molar-refractivity contribution in [3.8, 4) is 5.75 Å². The lowest BCUT2D eigenvalue weighted by molar-refractivity contribution is -0.205. The number of hydrogen-bond donors (Lipinski definition) is 3. The first-order valence-corrected chi connectivity index (χ1v) is 31.4. The molecule has 1 spiro atoms. The van der Waals surface area contributed by atoms with E-state index in [-0.39, 0.29) is 108 Å². The maximum Gasteiger partial charge on any atom is 0.340 e. The predicted octanol–water partition coefficient (Wildman–Crippen LogP) is 13.3. The fraction of sp³-hybridized carbons (Fsp3) is 0.400. The minimum absolute atomic E-state index is 0.00452. The first kappa shape index (κ1) is 56.4. The summed E-state index contributed by atoms with van der Waals surface area (Å²) in [6.45, 7) is 0.654. The molecule has 11 nitrogen and oxygen atoms in total. The summed E-state index contributed by atoms with van der Waals surface area (Å²) in [5.41, 5.74) is 9.02. The fourth-order valence-corrected chi connectivity index (χ4v) is 17.4. The van der Waals surface area contributed by atoms with Crippen LogP contribution >= 0.6 is 0 Å². The maximum atomic E-state index is 15.9. The average molecular weight is 1150 g/mol. The third kappa shape index (κ3) is 9.42. The smallest absolute Gasteiger partial charge is 0.340 e. The van der Waals surface area contributed by atoms with E-state index in [4.69, 9.17) is 23.4 Å². The number of allylic oxidation sites excluding steroid dienone is 5. The zero-order valence-corrected chi connectivity index (χ0v) is 49.1. The van der Waals surface area contributed by atoms with Crippen LogP contribution in [0.2, 0.25) is 0 Å². The normalized spacial score (nSPS) is 30.6. The van der Waals surface area contributed by atoms with Gasteiger partial charge in [0.05, 0.1) is 25.4 Å². The molecule has 0 amide bonds. The topological polar surface area (TPSA) is 162 Å². The monoisotopic (exact) mass is 1150 g/mol. The van der Waals surface area contributed by atoms with Gasteiger partial charge in [0.25, 0.3) is 0 Å². The Morgan fingerprint density at radius 3 is 2.44 bits per heavy atom. The van der Waals surface area contributed by atoms with Crippen molar-refractivity contribution >= 4 is 35.1 Å². The van der Waals surface area contributed by atoms with Gasteiger partial charge in [0.1, 0.15) is 11.3 Å². The lowest BCUT2D eigenvalue weighted by Gasteiger charge is -2.52. The van der Waals surface area contributed by atoms with Crippen molar-refractivity contribution in [3.63, 3.8) is 0 Å². The number of carbonyl (C=O) groups excluding carboxylic acids is 2. The number of ether oxygens (including phenoxy) is 4. The molecule has 3 N–H and O–H groups in total. The summed E-state index contributed by atoms with van der Waals surface area (Å²) in [4.78, 5) is 46.2. The summed E-state index contributed by atoms with van der Waals surface area (Å²) in [7, 11) is 1.52. The molecule has 11 heteroatoms. The van der Waals surface area contributed by atoms with Crippen LogP contribution in [-0.4, -0.2) is 65.9 Å². The van der Waals surface area contributed by atoms with Crippen molar-refractivity contribution in [2.75, 3.05) is 26.9 Å². The molecular formula is C75H76O11. The number of aliphatic hydroxyl groups is 3. The number of rotatable bonds is 9. The Hall–Kier alpha value is -7.41. The van der Waals surface area contributed by atoms with E-state index < -0.39 is 47.9 Å². The fourth-order valence-electron chi connectivity index (χ4n) is 17.4. The summed E-state index contributed by atoms with van der Waals surface area (Å²) >= 11 is 0. The Morgan fingerprint density at radius 2 is 1.62 bits per heavy atom. The Kier molecular flexibility index (Phi) is 15.1. The van der Waals surface area contributed by atoms with Crippen LogP contribution in [0.4, 0.5) is 0 Å². The Balaban J connectivity index is 0.917. The Morgan fingerprint density at radius 1 is 0.791 bits per heavy atom. The van der Waals surface area contributed by atoms with Crippen LogP contribution in [0.15, 0.2) is 166 Å². The van der Waals surface area contributed by atoms with E-state index in [9.17, 15) is 20.1 Å². The molecule has 4 heterocycles. The van der Waals surface area contributed by atoms with Crippen molar-refractivity contribution in [3.05, 3.63) is 228 Å². The average Bonchev–Trinajstić information content (AvgIpc) is 1.32. The SMILES string of the molecule is COCC(CCO)c1c(CO)c2ccc3c(c2oc1=O)C1OC(=O)CC2CC(c4cccc(C56CCCCC5C=Cc5ccccc56)c4)C=CC2c2ccc(cc2)CCC(=C(C)CO)C(=O)OC1C1(CC=CC2C4C=Cc5ccccc5C4CC21)O3.